The van der Waals surface area contributed by atoms with Gasteiger partial charge in [0.2, 0.25) is 0 Å². The van der Waals surface area contributed by atoms with Crippen molar-refractivity contribution in [2.75, 3.05) is 13.2 Å². The highest BCUT2D eigenvalue weighted by atomic mass is 16.5. The van der Waals surface area contributed by atoms with Crippen molar-refractivity contribution < 1.29 is 4.74 Å². The number of morpholine rings is 1. The van der Waals surface area contributed by atoms with E-state index in [2.05, 4.69) is 26.1 Å². The van der Waals surface area contributed by atoms with Crippen LogP contribution in [0, 0.1) is 5.41 Å². The van der Waals surface area contributed by atoms with Crippen LogP contribution in [0.15, 0.2) is 0 Å². The van der Waals surface area contributed by atoms with Crippen molar-refractivity contribution in [1.82, 2.24) is 5.32 Å². The van der Waals surface area contributed by atoms with Crippen molar-refractivity contribution in [3.63, 3.8) is 0 Å². The standard InChI is InChI=1S/C14H27NO/c1-4-5-6-12-14(16-10-9-15-12)8-7-13(2,3)11-14/h12,15H,4-11H2,1-3H3. The minimum Gasteiger partial charge on any atom is -0.372 e. The molecule has 94 valence electrons. The zero-order valence-corrected chi connectivity index (χ0v) is 11.1. The van der Waals surface area contributed by atoms with Gasteiger partial charge in [-0.25, -0.2) is 0 Å². The average Bonchev–Trinajstić information content (AvgIpc) is 2.54. The minimum atomic E-state index is 0.164. The molecular weight excluding hydrogens is 198 g/mol. The summed E-state index contributed by atoms with van der Waals surface area (Å²) >= 11 is 0. The van der Waals surface area contributed by atoms with E-state index in [0.717, 1.165) is 13.2 Å². The molecule has 1 aliphatic carbocycles. The van der Waals surface area contributed by atoms with Crippen LogP contribution in [-0.2, 0) is 4.74 Å². The molecule has 16 heavy (non-hydrogen) atoms. The van der Waals surface area contributed by atoms with Crippen molar-refractivity contribution in [1.29, 1.82) is 0 Å². The number of unbranched alkanes of at least 4 members (excludes halogenated alkanes) is 1. The molecule has 2 aliphatic rings. The molecule has 0 radical (unpaired) electrons. The second-order valence-electron chi connectivity index (χ2n) is 6.40. The Morgan fingerprint density at radius 1 is 1.31 bits per heavy atom. The van der Waals surface area contributed by atoms with E-state index in [0.29, 0.717) is 11.5 Å². The molecule has 0 aromatic carbocycles. The van der Waals surface area contributed by atoms with Crippen LogP contribution in [0.25, 0.3) is 0 Å². The van der Waals surface area contributed by atoms with E-state index in [1.807, 2.05) is 0 Å². The Hall–Kier alpha value is -0.0800. The van der Waals surface area contributed by atoms with Gasteiger partial charge in [0.1, 0.15) is 0 Å². The zero-order valence-electron chi connectivity index (χ0n) is 11.1. The summed E-state index contributed by atoms with van der Waals surface area (Å²) in [7, 11) is 0. The third-order valence-electron chi connectivity index (χ3n) is 4.37. The Morgan fingerprint density at radius 2 is 2.12 bits per heavy atom. The molecule has 1 saturated heterocycles. The molecule has 1 spiro atoms. The van der Waals surface area contributed by atoms with E-state index in [-0.39, 0.29) is 5.60 Å². The van der Waals surface area contributed by atoms with Gasteiger partial charge >= 0.3 is 0 Å². The largest absolute Gasteiger partial charge is 0.372 e. The summed E-state index contributed by atoms with van der Waals surface area (Å²) in [5.74, 6) is 0. The first-order valence-corrected chi connectivity index (χ1v) is 6.95. The van der Waals surface area contributed by atoms with Crippen LogP contribution < -0.4 is 5.32 Å². The number of hydrogen-bond acceptors (Lipinski definition) is 2. The van der Waals surface area contributed by atoms with Gasteiger partial charge < -0.3 is 10.1 Å². The van der Waals surface area contributed by atoms with Crippen LogP contribution >= 0.6 is 0 Å². The van der Waals surface area contributed by atoms with Gasteiger partial charge in [0.05, 0.1) is 12.2 Å². The highest BCUT2D eigenvalue weighted by Crippen LogP contribution is 2.48. The normalized spacial score (nSPS) is 38.1. The molecule has 1 saturated carbocycles. The van der Waals surface area contributed by atoms with Crippen LogP contribution in [-0.4, -0.2) is 24.8 Å². The van der Waals surface area contributed by atoms with E-state index in [1.54, 1.807) is 0 Å². The maximum absolute atomic E-state index is 6.21. The first kappa shape index (κ1) is 12.4. The second-order valence-corrected chi connectivity index (χ2v) is 6.40. The maximum Gasteiger partial charge on any atom is 0.0840 e. The van der Waals surface area contributed by atoms with Crippen LogP contribution in [0.2, 0.25) is 0 Å². The van der Waals surface area contributed by atoms with E-state index < -0.39 is 0 Å². The van der Waals surface area contributed by atoms with Gasteiger partial charge in [-0.2, -0.15) is 0 Å². The SMILES string of the molecule is CCCCC1NCCOC12CCC(C)(C)C2. The molecule has 0 bridgehead atoms. The van der Waals surface area contributed by atoms with Crippen molar-refractivity contribution in [2.24, 2.45) is 5.41 Å². The number of nitrogens with one attached hydrogen (secondary N) is 1. The zero-order chi connectivity index (χ0) is 11.6. The number of rotatable bonds is 3. The molecule has 2 fully saturated rings. The molecule has 0 amide bonds. The monoisotopic (exact) mass is 225 g/mol. The highest BCUT2D eigenvalue weighted by molar-refractivity contribution is 5.04. The highest BCUT2D eigenvalue weighted by Gasteiger charge is 2.49. The van der Waals surface area contributed by atoms with E-state index in [1.165, 1.54) is 38.5 Å². The van der Waals surface area contributed by atoms with Crippen LogP contribution in [0.5, 0.6) is 0 Å². The van der Waals surface area contributed by atoms with Gasteiger partial charge in [0.25, 0.3) is 0 Å². The Labute approximate surface area is 100 Å². The third-order valence-corrected chi connectivity index (χ3v) is 4.37. The fourth-order valence-corrected chi connectivity index (χ4v) is 3.50. The molecule has 1 N–H and O–H groups in total. The van der Waals surface area contributed by atoms with E-state index >= 15 is 0 Å². The van der Waals surface area contributed by atoms with Crippen molar-refractivity contribution >= 4 is 0 Å². The topological polar surface area (TPSA) is 21.3 Å². The molecule has 2 nitrogen and oxygen atoms in total. The smallest absolute Gasteiger partial charge is 0.0840 e. The molecule has 1 heterocycles. The number of hydrogen-bond donors (Lipinski definition) is 1. The van der Waals surface area contributed by atoms with Gasteiger partial charge in [-0.05, 0) is 31.1 Å². The predicted molar refractivity (Wildman–Crippen MR) is 67.6 cm³/mol. The third kappa shape index (κ3) is 2.43. The molecule has 0 aromatic heterocycles. The van der Waals surface area contributed by atoms with Crippen LogP contribution in [0.4, 0.5) is 0 Å². The summed E-state index contributed by atoms with van der Waals surface area (Å²) in [6.45, 7) is 8.98. The predicted octanol–water partition coefficient (Wildman–Crippen LogP) is 3.11. The number of ether oxygens (including phenoxy) is 1. The summed E-state index contributed by atoms with van der Waals surface area (Å²) in [6.07, 6.45) is 7.70. The first-order chi connectivity index (χ1) is 7.58. The molecule has 1 aliphatic heterocycles. The van der Waals surface area contributed by atoms with Crippen molar-refractivity contribution in [2.45, 2.75) is 70.9 Å². The van der Waals surface area contributed by atoms with Gasteiger partial charge in [-0.15, -0.1) is 0 Å². The molecule has 2 rings (SSSR count). The van der Waals surface area contributed by atoms with Gasteiger partial charge in [-0.3, -0.25) is 0 Å². The van der Waals surface area contributed by atoms with Gasteiger partial charge in [0, 0.05) is 12.6 Å². The molecule has 2 heteroatoms. The summed E-state index contributed by atoms with van der Waals surface area (Å²) in [5, 5.41) is 3.70. The summed E-state index contributed by atoms with van der Waals surface area (Å²) < 4.78 is 6.21. The lowest BCUT2D eigenvalue weighted by Crippen LogP contribution is -2.57. The molecule has 2 unspecified atom stereocenters. The lowest BCUT2D eigenvalue weighted by Gasteiger charge is -2.43. The Bertz CT molecular complexity index is 239. The summed E-state index contributed by atoms with van der Waals surface area (Å²) in [6, 6.07) is 0.600. The molecular formula is C14H27NO. The average molecular weight is 225 g/mol. The fourth-order valence-electron chi connectivity index (χ4n) is 3.50. The van der Waals surface area contributed by atoms with Crippen molar-refractivity contribution in [3.05, 3.63) is 0 Å². The van der Waals surface area contributed by atoms with Crippen LogP contribution in [0.3, 0.4) is 0 Å². The second kappa shape index (κ2) is 4.66. The van der Waals surface area contributed by atoms with E-state index in [9.17, 15) is 0 Å². The fraction of sp³-hybridized carbons (Fsp3) is 1.00. The van der Waals surface area contributed by atoms with Crippen LogP contribution in [0.1, 0.15) is 59.3 Å². The van der Waals surface area contributed by atoms with Gasteiger partial charge in [0.15, 0.2) is 0 Å². The summed E-state index contributed by atoms with van der Waals surface area (Å²) in [5.41, 5.74) is 0.639. The molecule has 0 aromatic rings. The lowest BCUT2D eigenvalue weighted by molar-refractivity contribution is -0.0992. The van der Waals surface area contributed by atoms with E-state index in [4.69, 9.17) is 4.74 Å². The van der Waals surface area contributed by atoms with Gasteiger partial charge in [-0.1, -0.05) is 33.6 Å². The Morgan fingerprint density at radius 3 is 2.75 bits per heavy atom. The molecule has 2 atom stereocenters. The Kier molecular flexibility index (Phi) is 3.60. The quantitative estimate of drug-likeness (QED) is 0.797. The lowest BCUT2D eigenvalue weighted by atomic mass is 9.83. The minimum absolute atomic E-state index is 0.164. The Balaban J connectivity index is 2.04. The first-order valence-electron chi connectivity index (χ1n) is 6.95. The summed E-state index contributed by atoms with van der Waals surface area (Å²) in [4.78, 5) is 0. The maximum atomic E-state index is 6.21. The van der Waals surface area contributed by atoms with Crippen molar-refractivity contribution in [3.8, 4) is 0 Å².